The van der Waals surface area contributed by atoms with Crippen molar-refractivity contribution < 1.29 is 4.74 Å². The molecule has 0 aliphatic heterocycles. The minimum Gasteiger partial charge on any atom is -0.491 e. The molecule has 0 heterocycles. The zero-order valence-corrected chi connectivity index (χ0v) is 12.7. The Kier molecular flexibility index (Phi) is 7.21. The van der Waals surface area contributed by atoms with Crippen LogP contribution < -0.4 is 10.1 Å². The van der Waals surface area contributed by atoms with E-state index in [1.165, 1.54) is 12.0 Å². The maximum Gasteiger partial charge on any atom is 0.119 e. The summed E-state index contributed by atoms with van der Waals surface area (Å²) < 4.78 is 5.66. The van der Waals surface area contributed by atoms with E-state index in [4.69, 9.17) is 4.74 Å². The molecule has 0 aliphatic carbocycles. The quantitative estimate of drug-likeness (QED) is 0.772. The standard InChI is InChI=1S/C15H25NOS/c1-5-10-16-15(11-18-4)13-6-8-14(9-7-13)17-12(2)3/h6-9,12,15-16H,5,10-11H2,1-4H3. The third kappa shape index (κ3) is 5.32. The molecule has 3 heteroatoms. The molecule has 102 valence electrons. The van der Waals surface area contributed by atoms with Crippen molar-refractivity contribution in [3.63, 3.8) is 0 Å². The molecule has 1 aromatic carbocycles. The Balaban J connectivity index is 2.67. The molecule has 0 amide bonds. The van der Waals surface area contributed by atoms with Gasteiger partial charge in [0.25, 0.3) is 0 Å². The first-order valence-corrected chi connectivity index (χ1v) is 8.05. The molecular formula is C15H25NOS. The van der Waals surface area contributed by atoms with Gasteiger partial charge in [-0.25, -0.2) is 0 Å². The second-order valence-corrected chi connectivity index (χ2v) is 5.61. The Labute approximate surface area is 116 Å². The van der Waals surface area contributed by atoms with Gasteiger partial charge in [-0.05, 0) is 50.8 Å². The highest BCUT2D eigenvalue weighted by Crippen LogP contribution is 2.21. The summed E-state index contributed by atoms with van der Waals surface area (Å²) in [6, 6.07) is 8.91. The Morgan fingerprint density at radius 1 is 1.22 bits per heavy atom. The van der Waals surface area contributed by atoms with Crippen LogP contribution in [-0.2, 0) is 0 Å². The summed E-state index contributed by atoms with van der Waals surface area (Å²) in [7, 11) is 0. The van der Waals surface area contributed by atoms with E-state index < -0.39 is 0 Å². The van der Waals surface area contributed by atoms with Crippen molar-refractivity contribution in [2.75, 3.05) is 18.6 Å². The van der Waals surface area contributed by atoms with Gasteiger partial charge in [-0.2, -0.15) is 11.8 Å². The largest absolute Gasteiger partial charge is 0.491 e. The zero-order valence-electron chi connectivity index (χ0n) is 11.9. The highest BCUT2D eigenvalue weighted by atomic mass is 32.2. The molecule has 1 unspecified atom stereocenters. The minimum absolute atomic E-state index is 0.232. The predicted octanol–water partition coefficient (Wildman–Crippen LogP) is 3.88. The molecule has 18 heavy (non-hydrogen) atoms. The first kappa shape index (κ1) is 15.4. The van der Waals surface area contributed by atoms with Gasteiger partial charge < -0.3 is 10.1 Å². The summed E-state index contributed by atoms with van der Waals surface area (Å²) in [4.78, 5) is 0. The van der Waals surface area contributed by atoms with Gasteiger partial charge in [0.2, 0.25) is 0 Å². The van der Waals surface area contributed by atoms with E-state index in [0.717, 1.165) is 18.0 Å². The van der Waals surface area contributed by atoms with E-state index >= 15 is 0 Å². The summed E-state index contributed by atoms with van der Waals surface area (Å²) in [5.74, 6) is 2.05. The average Bonchev–Trinajstić information content (AvgIpc) is 2.35. The first-order chi connectivity index (χ1) is 8.67. The van der Waals surface area contributed by atoms with Crippen molar-refractivity contribution in [2.45, 2.75) is 39.3 Å². The SMILES string of the molecule is CCCNC(CSC)c1ccc(OC(C)C)cc1. The highest BCUT2D eigenvalue weighted by molar-refractivity contribution is 7.98. The minimum atomic E-state index is 0.232. The summed E-state index contributed by atoms with van der Waals surface area (Å²) in [6.07, 6.45) is 3.55. The number of hydrogen-bond acceptors (Lipinski definition) is 3. The smallest absolute Gasteiger partial charge is 0.119 e. The molecule has 1 aromatic rings. The van der Waals surface area contributed by atoms with Gasteiger partial charge in [0.1, 0.15) is 5.75 Å². The Morgan fingerprint density at radius 2 is 1.89 bits per heavy atom. The lowest BCUT2D eigenvalue weighted by Gasteiger charge is -2.18. The lowest BCUT2D eigenvalue weighted by molar-refractivity contribution is 0.242. The number of hydrogen-bond donors (Lipinski definition) is 1. The van der Waals surface area contributed by atoms with Crippen molar-refractivity contribution in [2.24, 2.45) is 0 Å². The van der Waals surface area contributed by atoms with Gasteiger partial charge in [0.05, 0.1) is 6.10 Å². The average molecular weight is 267 g/mol. The molecule has 0 saturated carbocycles. The van der Waals surface area contributed by atoms with Crippen molar-refractivity contribution in [1.29, 1.82) is 0 Å². The fourth-order valence-corrected chi connectivity index (χ4v) is 2.45. The van der Waals surface area contributed by atoms with E-state index in [2.05, 4.69) is 42.8 Å². The first-order valence-electron chi connectivity index (χ1n) is 6.66. The monoisotopic (exact) mass is 267 g/mol. The molecule has 0 bridgehead atoms. The fourth-order valence-electron chi connectivity index (χ4n) is 1.81. The molecule has 1 N–H and O–H groups in total. The van der Waals surface area contributed by atoms with E-state index in [-0.39, 0.29) is 6.10 Å². The van der Waals surface area contributed by atoms with Gasteiger partial charge in [-0.3, -0.25) is 0 Å². The van der Waals surface area contributed by atoms with E-state index in [9.17, 15) is 0 Å². The molecule has 2 nitrogen and oxygen atoms in total. The van der Waals surface area contributed by atoms with E-state index in [0.29, 0.717) is 6.04 Å². The number of nitrogens with one attached hydrogen (secondary N) is 1. The Bertz CT molecular complexity index is 324. The second-order valence-electron chi connectivity index (χ2n) is 4.70. The van der Waals surface area contributed by atoms with Crippen LogP contribution in [0.2, 0.25) is 0 Å². The van der Waals surface area contributed by atoms with Crippen molar-refractivity contribution >= 4 is 11.8 Å². The maximum atomic E-state index is 5.66. The molecule has 0 spiro atoms. The zero-order chi connectivity index (χ0) is 13.4. The van der Waals surface area contributed by atoms with Crippen LogP contribution in [0.5, 0.6) is 5.75 Å². The van der Waals surface area contributed by atoms with Crippen LogP contribution >= 0.6 is 11.8 Å². The van der Waals surface area contributed by atoms with E-state index in [1.54, 1.807) is 0 Å². The van der Waals surface area contributed by atoms with Crippen LogP contribution in [0.3, 0.4) is 0 Å². The molecule has 0 aromatic heterocycles. The summed E-state index contributed by atoms with van der Waals surface area (Å²) >= 11 is 1.88. The van der Waals surface area contributed by atoms with E-state index in [1.807, 2.05) is 25.6 Å². The molecule has 0 saturated heterocycles. The number of benzene rings is 1. The van der Waals surface area contributed by atoms with Crippen LogP contribution in [0.25, 0.3) is 0 Å². The van der Waals surface area contributed by atoms with Crippen molar-refractivity contribution in [3.05, 3.63) is 29.8 Å². The van der Waals surface area contributed by atoms with Gasteiger partial charge >= 0.3 is 0 Å². The molecular weight excluding hydrogens is 242 g/mol. The van der Waals surface area contributed by atoms with Gasteiger partial charge in [0.15, 0.2) is 0 Å². The number of thioether (sulfide) groups is 1. The van der Waals surface area contributed by atoms with Crippen LogP contribution in [0.1, 0.15) is 38.8 Å². The predicted molar refractivity (Wildman–Crippen MR) is 81.6 cm³/mol. The summed E-state index contributed by atoms with van der Waals surface area (Å²) in [5, 5.41) is 3.59. The topological polar surface area (TPSA) is 21.3 Å². The van der Waals surface area contributed by atoms with Crippen molar-refractivity contribution in [3.8, 4) is 5.75 Å². The Hall–Kier alpha value is -0.670. The molecule has 1 atom stereocenters. The van der Waals surface area contributed by atoms with Gasteiger partial charge in [0, 0.05) is 11.8 Å². The Morgan fingerprint density at radius 3 is 2.39 bits per heavy atom. The third-order valence-corrected chi connectivity index (χ3v) is 3.29. The summed E-state index contributed by atoms with van der Waals surface area (Å²) in [6.45, 7) is 7.36. The second kappa shape index (κ2) is 8.44. The van der Waals surface area contributed by atoms with Crippen LogP contribution in [0, 0.1) is 0 Å². The lowest BCUT2D eigenvalue weighted by Crippen LogP contribution is -2.24. The summed E-state index contributed by atoms with van der Waals surface area (Å²) in [5.41, 5.74) is 1.34. The molecule has 0 radical (unpaired) electrons. The van der Waals surface area contributed by atoms with Crippen LogP contribution in [0.15, 0.2) is 24.3 Å². The molecule has 0 aliphatic rings. The van der Waals surface area contributed by atoms with Crippen molar-refractivity contribution in [1.82, 2.24) is 5.32 Å². The lowest BCUT2D eigenvalue weighted by atomic mass is 10.1. The van der Waals surface area contributed by atoms with Crippen LogP contribution in [-0.4, -0.2) is 24.7 Å². The normalized spacial score (nSPS) is 12.7. The highest BCUT2D eigenvalue weighted by Gasteiger charge is 2.09. The molecule has 1 rings (SSSR count). The van der Waals surface area contributed by atoms with Gasteiger partial charge in [-0.15, -0.1) is 0 Å². The number of rotatable bonds is 8. The fraction of sp³-hybridized carbons (Fsp3) is 0.600. The van der Waals surface area contributed by atoms with Crippen LogP contribution in [0.4, 0.5) is 0 Å². The number of ether oxygens (including phenoxy) is 1. The maximum absolute atomic E-state index is 5.66. The molecule has 0 fully saturated rings. The third-order valence-electron chi connectivity index (χ3n) is 2.63. The van der Waals surface area contributed by atoms with Gasteiger partial charge in [-0.1, -0.05) is 19.1 Å².